The van der Waals surface area contributed by atoms with Crippen LogP contribution in [0.5, 0.6) is 5.75 Å². The van der Waals surface area contributed by atoms with Crippen molar-refractivity contribution in [2.45, 2.75) is 26.9 Å². The van der Waals surface area contributed by atoms with Crippen LogP contribution < -0.4 is 4.74 Å². The van der Waals surface area contributed by atoms with E-state index in [9.17, 15) is 4.79 Å². The molecule has 0 aromatic heterocycles. The Morgan fingerprint density at radius 3 is 2.40 bits per heavy atom. The topological polar surface area (TPSA) is 26.3 Å². The Hall–Kier alpha value is -1.61. The van der Waals surface area contributed by atoms with Gasteiger partial charge in [0.1, 0.15) is 12.4 Å². The van der Waals surface area contributed by atoms with Gasteiger partial charge < -0.3 is 4.74 Å². The zero-order valence-electron chi connectivity index (χ0n) is 11.7. The van der Waals surface area contributed by atoms with E-state index < -0.39 is 0 Å². The van der Waals surface area contributed by atoms with Crippen LogP contribution in [0, 0.1) is 6.92 Å². The third-order valence-corrected chi connectivity index (χ3v) is 3.67. The second-order valence-electron chi connectivity index (χ2n) is 4.72. The van der Waals surface area contributed by atoms with Crippen LogP contribution in [-0.2, 0) is 13.0 Å². The molecule has 3 heteroatoms. The molecule has 104 valence electrons. The average Bonchev–Trinajstić information content (AvgIpc) is 2.46. The van der Waals surface area contributed by atoms with Crippen LogP contribution in [0.1, 0.15) is 34.0 Å². The first kappa shape index (κ1) is 14.8. The van der Waals surface area contributed by atoms with Crippen molar-refractivity contribution in [3.05, 3.63) is 63.1 Å². The summed E-state index contributed by atoms with van der Waals surface area (Å²) >= 11 is 3.39. The van der Waals surface area contributed by atoms with E-state index in [2.05, 4.69) is 47.1 Å². The Labute approximate surface area is 127 Å². The highest BCUT2D eigenvalue weighted by Crippen LogP contribution is 2.27. The highest BCUT2D eigenvalue weighted by Gasteiger charge is 2.08. The van der Waals surface area contributed by atoms with Gasteiger partial charge in [0.2, 0.25) is 0 Å². The number of aldehydes is 1. The molecule has 0 atom stereocenters. The van der Waals surface area contributed by atoms with Crippen LogP contribution in [-0.4, -0.2) is 6.29 Å². The molecule has 0 spiro atoms. The summed E-state index contributed by atoms with van der Waals surface area (Å²) in [5.74, 6) is 0.655. The summed E-state index contributed by atoms with van der Waals surface area (Å²) in [4.78, 5) is 11.1. The van der Waals surface area contributed by atoms with Crippen LogP contribution in [0.15, 0.2) is 40.9 Å². The second-order valence-corrected chi connectivity index (χ2v) is 5.63. The molecule has 2 aromatic carbocycles. The number of carbonyl (C=O) groups is 1. The molecule has 0 aliphatic heterocycles. The molecular formula is C17H17BrO2. The lowest BCUT2D eigenvalue weighted by atomic mass is 10.1. The van der Waals surface area contributed by atoms with Crippen molar-refractivity contribution in [3.8, 4) is 5.75 Å². The van der Waals surface area contributed by atoms with E-state index in [-0.39, 0.29) is 0 Å². The number of benzene rings is 2. The summed E-state index contributed by atoms with van der Waals surface area (Å²) < 4.78 is 6.71. The van der Waals surface area contributed by atoms with Gasteiger partial charge in [-0.05, 0) is 42.2 Å². The molecule has 2 rings (SSSR count). The summed E-state index contributed by atoms with van der Waals surface area (Å²) in [7, 11) is 0. The van der Waals surface area contributed by atoms with Gasteiger partial charge in [0.05, 0.1) is 5.56 Å². The Morgan fingerprint density at radius 2 is 1.80 bits per heavy atom. The maximum absolute atomic E-state index is 11.1. The van der Waals surface area contributed by atoms with E-state index in [1.54, 1.807) is 6.07 Å². The third-order valence-electron chi connectivity index (χ3n) is 3.21. The van der Waals surface area contributed by atoms with E-state index in [1.807, 2.05) is 13.0 Å². The Kier molecular flexibility index (Phi) is 4.96. The number of rotatable bonds is 5. The van der Waals surface area contributed by atoms with Gasteiger partial charge in [-0.25, -0.2) is 0 Å². The lowest BCUT2D eigenvalue weighted by Crippen LogP contribution is -2.00. The Morgan fingerprint density at radius 1 is 1.15 bits per heavy atom. The first-order chi connectivity index (χ1) is 9.63. The fourth-order valence-electron chi connectivity index (χ4n) is 2.07. The van der Waals surface area contributed by atoms with Crippen LogP contribution in [0.25, 0.3) is 0 Å². The van der Waals surface area contributed by atoms with Gasteiger partial charge in [-0.3, -0.25) is 4.79 Å². The molecule has 2 nitrogen and oxygen atoms in total. The molecule has 0 fully saturated rings. The minimum Gasteiger partial charge on any atom is -0.488 e. The average molecular weight is 333 g/mol. The normalized spacial score (nSPS) is 10.3. The van der Waals surface area contributed by atoms with Gasteiger partial charge in [-0.15, -0.1) is 0 Å². The zero-order valence-corrected chi connectivity index (χ0v) is 13.2. The van der Waals surface area contributed by atoms with Crippen molar-refractivity contribution >= 4 is 22.2 Å². The molecule has 2 aromatic rings. The maximum atomic E-state index is 11.1. The molecule has 0 saturated carbocycles. The van der Waals surface area contributed by atoms with Gasteiger partial charge in [0.15, 0.2) is 6.29 Å². The van der Waals surface area contributed by atoms with Crippen molar-refractivity contribution in [1.82, 2.24) is 0 Å². The number of ether oxygens (including phenoxy) is 1. The van der Waals surface area contributed by atoms with Crippen LogP contribution >= 0.6 is 15.9 Å². The largest absolute Gasteiger partial charge is 0.488 e. The van der Waals surface area contributed by atoms with Gasteiger partial charge in [0.25, 0.3) is 0 Å². The lowest BCUT2D eigenvalue weighted by Gasteiger charge is -2.12. The molecule has 0 N–H and O–H groups in total. The minimum absolute atomic E-state index is 0.466. The maximum Gasteiger partial charge on any atom is 0.153 e. The van der Waals surface area contributed by atoms with E-state index in [0.29, 0.717) is 17.9 Å². The Balaban J connectivity index is 2.15. The number of hydrogen-bond donors (Lipinski definition) is 0. The predicted molar refractivity (Wildman–Crippen MR) is 84.4 cm³/mol. The lowest BCUT2D eigenvalue weighted by molar-refractivity contribution is 0.111. The van der Waals surface area contributed by atoms with E-state index in [1.165, 1.54) is 5.56 Å². The molecule has 0 unspecified atom stereocenters. The van der Waals surface area contributed by atoms with Gasteiger partial charge >= 0.3 is 0 Å². The molecule has 0 bridgehead atoms. The summed E-state index contributed by atoms with van der Waals surface area (Å²) in [5.41, 5.74) is 3.93. The van der Waals surface area contributed by atoms with E-state index in [0.717, 1.165) is 28.3 Å². The number of aryl methyl sites for hydroxylation is 2. The third kappa shape index (κ3) is 3.48. The molecule has 0 saturated heterocycles. The standard InChI is InChI=1S/C17H17BrO2/c1-3-13-4-6-14(7-5-13)11-20-17-12(2)8-16(18)9-15(17)10-19/h4-10H,3,11H2,1-2H3. The molecule has 0 heterocycles. The first-order valence-corrected chi connectivity index (χ1v) is 7.39. The SMILES string of the molecule is CCc1ccc(COc2c(C)cc(Br)cc2C=O)cc1. The highest BCUT2D eigenvalue weighted by atomic mass is 79.9. The van der Waals surface area contributed by atoms with Crippen LogP contribution in [0.4, 0.5) is 0 Å². The fourth-order valence-corrected chi connectivity index (χ4v) is 2.66. The molecule has 0 aliphatic rings. The fraction of sp³-hybridized carbons (Fsp3) is 0.235. The molecular weight excluding hydrogens is 316 g/mol. The summed E-state index contributed by atoms with van der Waals surface area (Å²) in [6, 6.07) is 12.1. The van der Waals surface area contributed by atoms with E-state index in [4.69, 9.17) is 4.74 Å². The van der Waals surface area contributed by atoms with Crippen molar-refractivity contribution in [1.29, 1.82) is 0 Å². The summed E-state index contributed by atoms with van der Waals surface area (Å²) in [5, 5.41) is 0. The molecule has 20 heavy (non-hydrogen) atoms. The Bertz CT molecular complexity index is 603. The smallest absolute Gasteiger partial charge is 0.153 e. The van der Waals surface area contributed by atoms with Gasteiger partial charge in [0, 0.05) is 4.47 Å². The number of halogens is 1. The van der Waals surface area contributed by atoms with Crippen LogP contribution in [0.3, 0.4) is 0 Å². The molecule has 0 aliphatic carbocycles. The number of hydrogen-bond acceptors (Lipinski definition) is 2. The quantitative estimate of drug-likeness (QED) is 0.741. The van der Waals surface area contributed by atoms with Crippen molar-refractivity contribution in [2.75, 3.05) is 0 Å². The summed E-state index contributed by atoms with van der Waals surface area (Å²) in [6.45, 7) is 4.54. The van der Waals surface area contributed by atoms with Gasteiger partial charge in [-0.1, -0.05) is 47.1 Å². The second kappa shape index (κ2) is 6.71. The predicted octanol–water partition coefficient (Wildman–Crippen LogP) is 4.71. The zero-order chi connectivity index (χ0) is 14.5. The summed E-state index contributed by atoms with van der Waals surface area (Å²) in [6.07, 6.45) is 1.86. The highest BCUT2D eigenvalue weighted by molar-refractivity contribution is 9.10. The van der Waals surface area contributed by atoms with E-state index >= 15 is 0 Å². The van der Waals surface area contributed by atoms with Crippen molar-refractivity contribution in [3.63, 3.8) is 0 Å². The van der Waals surface area contributed by atoms with Crippen molar-refractivity contribution in [2.24, 2.45) is 0 Å². The molecule has 0 amide bonds. The van der Waals surface area contributed by atoms with Gasteiger partial charge in [-0.2, -0.15) is 0 Å². The minimum atomic E-state index is 0.466. The molecule has 0 radical (unpaired) electrons. The monoisotopic (exact) mass is 332 g/mol. The van der Waals surface area contributed by atoms with Crippen molar-refractivity contribution < 1.29 is 9.53 Å². The number of carbonyl (C=O) groups excluding carboxylic acids is 1. The van der Waals surface area contributed by atoms with Crippen LogP contribution in [0.2, 0.25) is 0 Å². The first-order valence-electron chi connectivity index (χ1n) is 6.60.